The molecule has 118 valence electrons. The van der Waals surface area contributed by atoms with Crippen LogP contribution in [-0.2, 0) is 12.8 Å². The number of nitrogens with zero attached hydrogens (tertiary/aromatic N) is 1. The molecule has 0 bridgehead atoms. The Labute approximate surface area is 135 Å². The van der Waals surface area contributed by atoms with Gasteiger partial charge in [0.2, 0.25) is 6.79 Å². The smallest absolute Gasteiger partial charge is 0.231 e. The third-order valence-corrected chi connectivity index (χ3v) is 5.39. The molecule has 0 amide bonds. The Morgan fingerprint density at radius 2 is 2.09 bits per heavy atom. The second-order valence-corrected chi connectivity index (χ2v) is 6.53. The second kappa shape index (κ2) is 4.65. The number of ether oxygens (including phenoxy) is 3. The molecule has 3 aliphatic rings. The molecule has 2 aromatic rings. The monoisotopic (exact) mass is 309 g/mol. The molecule has 2 aromatic carbocycles. The van der Waals surface area contributed by atoms with Crippen LogP contribution in [0.2, 0.25) is 0 Å². The van der Waals surface area contributed by atoms with Crippen molar-refractivity contribution in [3.63, 3.8) is 0 Å². The highest BCUT2D eigenvalue weighted by Gasteiger charge is 2.37. The van der Waals surface area contributed by atoms with Gasteiger partial charge in [-0.1, -0.05) is 6.07 Å². The van der Waals surface area contributed by atoms with Crippen molar-refractivity contribution in [2.75, 3.05) is 27.5 Å². The number of likely N-dealkylation sites (N-methyl/N-ethyl adjacent to an activating group) is 1. The lowest BCUT2D eigenvalue weighted by Crippen LogP contribution is -2.35. The van der Waals surface area contributed by atoms with Crippen LogP contribution in [0.15, 0.2) is 24.3 Å². The third kappa shape index (κ3) is 1.75. The topological polar surface area (TPSA) is 30.9 Å². The number of methoxy groups -OCH3 is 1. The first-order chi connectivity index (χ1) is 11.3. The van der Waals surface area contributed by atoms with Crippen molar-refractivity contribution in [3.8, 4) is 28.4 Å². The lowest BCUT2D eigenvalue weighted by Gasteiger charge is -2.40. The van der Waals surface area contributed by atoms with Gasteiger partial charge in [-0.3, -0.25) is 4.90 Å². The van der Waals surface area contributed by atoms with Crippen LogP contribution in [0.5, 0.6) is 17.2 Å². The first kappa shape index (κ1) is 13.3. The van der Waals surface area contributed by atoms with Crippen molar-refractivity contribution in [1.82, 2.24) is 4.90 Å². The lowest BCUT2D eigenvalue weighted by molar-refractivity contribution is 0.174. The molecule has 4 heteroatoms. The Balaban J connectivity index is 1.85. The molecule has 0 spiro atoms. The average Bonchev–Trinajstić information content (AvgIpc) is 3.05. The predicted molar refractivity (Wildman–Crippen MR) is 87.3 cm³/mol. The van der Waals surface area contributed by atoms with Crippen molar-refractivity contribution in [3.05, 3.63) is 41.0 Å². The Kier molecular flexibility index (Phi) is 2.68. The maximum atomic E-state index is 5.85. The summed E-state index contributed by atoms with van der Waals surface area (Å²) in [7, 11) is 3.93. The van der Waals surface area contributed by atoms with Gasteiger partial charge in [0, 0.05) is 18.2 Å². The molecular formula is C19H19NO3. The minimum atomic E-state index is 0.311. The number of hydrogen-bond acceptors (Lipinski definition) is 4. The number of hydrogen-bond donors (Lipinski definition) is 0. The van der Waals surface area contributed by atoms with Crippen molar-refractivity contribution < 1.29 is 14.2 Å². The highest BCUT2D eigenvalue weighted by atomic mass is 16.7. The number of benzene rings is 2. The zero-order chi connectivity index (χ0) is 15.6. The highest BCUT2D eigenvalue weighted by molar-refractivity contribution is 5.84. The van der Waals surface area contributed by atoms with Crippen LogP contribution < -0.4 is 14.2 Å². The van der Waals surface area contributed by atoms with Crippen molar-refractivity contribution in [1.29, 1.82) is 0 Å². The van der Waals surface area contributed by atoms with Gasteiger partial charge in [-0.2, -0.15) is 0 Å². The molecule has 23 heavy (non-hydrogen) atoms. The molecule has 0 radical (unpaired) electrons. The summed E-state index contributed by atoms with van der Waals surface area (Å²) in [5.74, 6) is 2.67. The van der Waals surface area contributed by atoms with E-state index in [0.717, 1.165) is 36.6 Å². The second-order valence-electron chi connectivity index (χ2n) is 6.53. The first-order valence-corrected chi connectivity index (χ1v) is 8.09. The van der Waals surface area contributed by atoms with Crippen LogP contribution >= 0.6 is 0 Å². The zero-order valence-corrected chi connectivity index (χ0v) is 13.4. The van der Waals surface area contributed by atoms with Gasteiger partial charge in [0.15, 0.2) is 11.5 Å². The summed E-state index contributed by atoms with van der Waals surface area (Å²) in [5, 5.41) is 0. The molecule has 0 saturated carbocycles. The SMILES string of the molecule is COc1ccc2c(c1)-c1c3c(cc4c1[C@@H](C2)N(C)CC4)OCO3. The average molecular weight is 309 g/mol. The Hall–Kier alpha value is -2.20. The van der Waals surface area contributed by atoms with E-state index in [9.17, 15) is 0 Å². The van der Waals surface area contributed by atoms with Gasteiger partial charge in [-0.05, 0) is 60.3 Å². The summed E-state index contributed by atoms with van der Waals surface area (Å²) in [6, 6.07) is 8.98. The fourth-order valence-electron chi connectivity index (χ4n) is 4.20. The van der Waals surface area contributed by atoms with Crippen LogP contribution in [0.3, 0.4) is 0 Å². The molecule has 2 heterocycles. The van der Waals surface area contributed by atoms with Gasteiger partial charge in [-0.15, -0.1) is 0 Å². The van der Waals surface area contributed by atoms with Gasteiger partial charge < -0.3 is 14.2 Å². The van der Waals surface area contributed by atoms with Crippen LogP contribution in [0.4, 0.5) is 0 Å². The van der Waals surface area contributed by atoms with Crippen LogP contribution in [0.1, 0.15) is 22.7 Å². The molecule has 1 atom stereocenters. The van der Waals surface area contributed by atoms with Gasteiger partial charge in [0.25, 0.3) is 0 Å². The first-order valence-electron chi connectivity index (χ1n) is 8.09. The van der Waals surface area contributed by atoms with Gasteiger partial charge in [0.05, 0.1) is 7.11 Å². The van der Waals surface area contributed by atoms with E-state index in [0.29, 0.717) is 12.8 Å². The summed E-state index contributed by atoms with van der Waals surface area (Å²) in [4.78, 5) is 2.46. The highest BCUT2D eigenvalue weighted by Crippen LogP contribution is 2.54. The predicted octanol–water partition coefficient (Wildman–Crippen LogP) is 3.18. The molecule has 2 aliphatic heterocycles. The third-order valence-electron chi connectivity index (χ3n) is 5.39. The van der Waals surface area contributed by atoms with Gasteiger partial charge >= 0.3 is 0 Å². The molecule has 1 aliphatic carbocycles. The zero-order valence-electron chi connectivity index (χ0n) is 13.4. The quantitative estimate of drug-likeness (QED) is 0.809. The molecular weight excluding hydrogens is 290 g/mol. The molecule has 0 unspecified atom stereocenters. The molecule has 0 fully saturated rings. The van der Waals surface area contributed by atoms with E-state index in [1.165, 1.54) is 27.8 Å². The maximum Gasteiger partial charge on any atom is 0.231 e. The van der Waals surface area contributed by atoms with Crippen LogP contribution in [0, 0.1) is 0 Å². The molecule has 0 N–H and O–H groups in total. The van der Waals surface area contributed by atoms with E-state index in [2.05, 4.69) is 30.1 Å². The fourth-order valence-corrected chi connectivity index (χ4v) is 4.20. The maximum absolute atomic E-state index is 5.85. The van der Waals surface area contributed by atoms with E-state index in [4.69, 9.17) is 14.2 Å². The lowest BCUT2D eigenvalue weighted by atomic mass is 9.76. The van der Waals surface area contributed by atoms with Gasteiger partial charge in [-0.25, -0.2) is 0 Å². The van der Waals surface area contributed by atoms with E-state index in [-0.39, 0.29) is 0 Å². The largest absolute Gasteiger partial charge is 0.497 e. The summed E-state index contributed by atoms with van der Waals surface area (Å²) >= 11 is 0. The van der Waals surface area contributed by atoms with Crippen molar-refractivity contribution >= 4 is 0 Å². The minimum absolute atomic E-state index is 0.311. The van der Waals surface area contributed by atoms with E-state index in [1.54, 1.807) is 7.11 Å². The van der Waals surface area contributed by atoms with Crippen LogP contribution in [0.25, 0.3) is 11.1 Å². The van der Waals surface area contributed by atoms with Gasteiger partial charge in [0.1, 0.15) is 5.75 Å². The molecule has 0 aromatic heterocycles. The number of rotatable bonds is 1. The Morgan fingerprint density at radius 1 is 1.17 bits per heavy atom. The molecule has 4 nitrogen and oxygen atoms in total. The number of fused-ring (bicyclic) bond motifs is 4. The molecule has 0 saturated heterocycles. The normalized spacial score (nSPS) is 20.9. The molecule has 5 rings (SSSR count). The Morgan fingerprint density at radius 3 is 2.96 bits per heavy atom. The summed E-state index contributed by atoms with van der Waals surface area (Å²) in [5.41, 5.74) is 6.62. The minimum Gasteiger partial charge on any atom is -0.497 e. The van der Waals surface area contributed by atoms with E-state index in [1.807, 2.05) is 6.07 Å². The fraction of sp³-hybridized carbons (Fsp3) is 0.368. The van der Waals surface area contributed by atoms with E-state index < -0.39 is 0 Å². The van der Waals surface area contributed by atoms with E-state index >= 15 is 0 Å². The summed E-state index contributed by atoms with van der Waals surface area (Å²) in [6.07, 6.45) is 2.10. The van der Waals surface area contributed by atoms with Crippen molar-refractivity contribution in [2.45, 2.75) is 18.9 Å². The van der Waals surface area contributed by atoms with Crippen molar-refractivity contribution in [2.24, 2.45) is 0 Å². The summed E-state index contributed by atoms with van der Waals surface area (Å²) in [6.45, 7) is 1.40. The standard InChI is InChI=1S/C19H19NO3/c1-20-6-5-12-8-16-19(23-10-22-16)18-14-9-13(21-2)4-3-11(14)7-15(20)17(12)18/h3-4,8-9,15H,5-7,10H2,1-2H3/t15-/m1/s1. The Bertz CT molecular complexity index is 815. The summed E-state index contributed by atoms with van der Waals surface area (Å²) < 4.78 is 17.0. The van der Waals surface area contributed by atoms with Crippen LogP contribution in [-0.4, -0.2) is 32.4 Å².